The Morgan fingerprint density at radius 2 is 2.00 bits per heavy atom. The van der Waals surface area contributed by atoms with Crippen molar-refractivity contribution in [3.8, 4) is 0 Å². The number of rotatable bonds is 5. The lowest BCUT2D eigenvalue weighted by Crippen LogP contribution is -2.42. The van der Waals surface area contributed by atoms with E-state index in [1.807, 2.05) is 13.8 Å². The van der Waals surface area contributed by atoms with Gasteiger partial charge in [0.25, 0.3) is 0 Å². The van der Waals surface area contributed by atoms with Gasteiger partial charge in [-0.25, -0.2) is 4.98 Å². The molecule has 0 unspecified atom stereocenters. The van der Waals surface area contributed by atoms with Gasteiger partial charge < -0.3 is 11.1 Å². The highest BCUT2D eigenvalue weighted by Crippen LogP contribution is 2.25. The first-order chi connectivity index (χ1) is 8.10. The lowest BCUT2D eigenvalue weighted by molar-refractivity contribution is -0.119. The molecule has 1 amide bonds. The summed E-state index contributed by atoms with van der Waals surface area (Å²) in [6.07, 6.45) is 0.323. The Balaban J connectivity index is 2.59. The highest BCUT2D eigenvalue weighted by molar-refractivity contribution is 7.09. The second-order valence-corrected chi connectivity index (χ2v) is 7.13. The normalized spacial score (nSPS) is 12.7. The van der Waals surface area contributed by atoms with E-state index in [4.69, 9.17) is 5.73 Å². The van der Waals surface area contributed by atoms with Crippen LogP contribution in [0, 0.1) is 0 Å². The molecule has 18 heavy (non-hydrogen) atoms. The first-order valence-electron chi connectivity index (χ1n) is 6.08. The van der Waals surface area contributed by atoms with Gasteiger partial charge in [0.2, 0.25) is 5.91 Å². The molecule has 1 heterocycles. The van der Waals surface area contributed by atoms with E-state index in [0.717, 1.165) is 10.7 Å². The molecule has 0 aromatic carbocycles. The van der Waals surface area contributed by atoms with Crippen molar-refractivity contribution in [1.82, 2.24) is 10.3 Å². The smallest absolute Gasteiger partial charge is 0.219 e. The van der Waals surface area contributed by atoms with Crippen molar-refractivity contribution in [3.05, 3.63) is 16.1 Å². The molecule has 0 atom stereocenters. The number of carbonyl (C=O) groups excluding carboxylic acids is 1. The molecule has 102 valence electrons. The fraction of sp³-hybridized carbons (Fsp3) is 0.692. The number of nitrogens with one attached hydrogen (secondary N) is 1. The van der Waals surface area contributed by atoms with E-state index in [-0.39, 0.29) is 16.9 Å². The van der Waals surface area contributed by atoms with Crippen LogP contribution in [0.15, 0.2) is 5.38 Å². The minimum absolute atomic E-state index is 0.0889. The summed E-state index contributed by atoms with van der Waals surface area (Å²) in [6.45, 7) is 11.1. The second-order valence-electron chi connectivity index (χ2n) is 6.27. The van der Waals surface area contributed by atoms with E-state index in [9.17, 15) is 4.79 Å². The largest absolute Gasteiger partial charge is 0.370 e. The highest BCUT2D eigenvalue weighted by atomic mass is 32.1. The molecule has 1 rings (SSSR count). The SMILES string of the molecule is CC(C)(CC(N)=O)NCc1csc(C(C)(C)C)n1. The summed E-state index contributed by atoms with van der Waals surface area (Å²) in [5.41, 5.74) is 6.03. The standard InChI is InChI=1S/C13H23N3OS/c1-12(2,3)11-16-9(8-18-11)7-15-13(4,5)6-10(14)17/h8,15H,6-7H2,1-5H3,(H2,14,17). The summed E-state index contributed by atoms with van der Waals surface area (Å²) < 4.78 is 0. The zero-order valence-electron chi connectivity index (χ0n) is 11.8. The van der Waals surface area contributed by atoms with Gasteiger partial charge in [-0.2, -0.15) is 0 Å². The third-order valence-corrected chi connectivity index (χ3v) is 3.87. The van der Waals surface area contributed by atoms with Crippen molar-refractivity contribution in [2.45, 2.75) is 58.5 Å². The number of nitrogens with two attached hydrogens (primary N) is 1. The third kappa shape index (κ3) is 4.74. The molecule has 5 heteroatoms. The van der Waals surface area contributed by atoms with Crippen molar-refractivity contribution in [2.24, 2.45) is 5.73 Å². The van der Waals surface area contributed by atoms with E-state index in [0.29, 0.717) is 13.0 Å². The van der Waals surface area contributed by atoms with E-state index in [2.05, 4.69) is 36.5 Å². The minimum atomic E-state index is -0.294. The number of hydrogen-bond donors (Lipinski definition) is 2. The highest BCUT2D eigenvalue weighted by Gasteiger charge is 2.21. The summed E-state index contributed by atoms with van der Waals surface area (Å²) in [7, 11) is 0. The average molecular weight is 269 g/mol. The Morgan fingerprint density at radius 3 is 2.44 bits per heavy atom. The van der Waals surface area contributed by atoms with Gasteiger partial charge >= 0.3 is 0 Å². The maximum atomic E-state index is 10.9. The van der Waals surface area contributed by atoms with E-state index < -0.39 is 0 Å². The predicted octanol–water partition coefficient (Wildman–Crippen LogP) is 2.18. The molecule has 1 aromatic rings. The predicted molar refractivity (Wildman–Crippen MR) is 75.5 cm³/mol. The molecule has 0 bridgehead atoms. The summed E-state index contributed by atoms with van der Waals surface area (Å²) >= 11 is 1.68. The lowest BCUT2D eigenvalue weighted by atomic mass is 9.98. The lowest BCUT2D eigenvalue weighted by Gasteiger charge is -2.24. The van der Waals surface area contributed by atoms with Gasteiger partial charge in [-0.05, 0) is 13.8 Å². The fourth-order valence-electron chi connectivity index (χ4n) is 1.56. The molecule has 0 aliphatic heterocycles. The van der Waals surface area contributed by atoms with Gasteiger partial charge in [-0.3, -0.25) is 4.79 Å². The Bertz CT molecular complexity index is 418. The van der Waals surface area contributed by atoms with E-state index >= 15 is 0 Å². The van der Waals surface area contributed by atoms with Crippen molar-refractivity contribution in [1.29, 1.82) is 0 Å². The van der Waals surface area contributed by atoms with Crippen LogP contribution in [0.25, 0.3) is 0 Å². The first-order valence-corrected chi connectivity index (χ1v) is 6.96. The fourth-order valence-corrected chi connectivity index (χ4v) is 2.47. The van der Waals surface area contributed by atoms with Gasteiger partial charge in [-0.15, -0.1) is 11.3 Å². The van der Waals surface area contributed by atoms with Crippen LogP contribution in [0.4, 0.5) is 0 Å². The zero-order chi connectivity index (χ0) is 14.0. The maximum Gasteiger partial charge on any atom is 0.219 e. The Hall–Kier alpha value is -0.940. The van der Waals surface area contributed by atoms with Crippen LogP contribution in [-0.4, -0.2) is 16.4 Å². The molecule has 0 radical (unpaired) electrons. The van der Waals surface area contributed by atoms with Crippen molar-refractivity contribution >= 4 is 17.2 Å². The zero-order valence-corrected chi connectivity index (χ0v) is 12.6. The summed E-state index contributed by atoms with van der Waals surface area (Å²) in [5.74, 6) is -0.291. The van der Waals surface area contributed by atoms with Gasteiger partial charge in [0, 0.05) is 29.3 Å². The van der Waals surface area contributed by atoms with E-state index in [1.54, 1.807) is 11.3 Å². The molecule has 4 nitrogen and oxygen atoms in total. The monoisotopic (exact) mass is 269 g/mol. The molecule has 0 aliphatic carbocycles. The molecular formula is C13H23N3OS. The average Bonchev–Trinajstić information content (AvgIpc) is 2.60. The second kappa shape index (κ2) is 5.36. The van der Waals surface area contributed by atoms with Crippen molar-refractivity contribution in [2.75, 3.05) is 0 Å². The van der Waals surface area contributed by atoms with Crippen LogP contribution >= 0.6 is 11.3 Å². The number of nitrogens with zero attached hydrogens (tertiary/aromatic N) is 1. The summed E-state index contributed by atoms with van der Waals surface area (Å²) in [5, 5.41) is 6.51. The van der Waals surface area contributed by atoms with Crippen LogP contribution in [-0.2, 0) is 16.8 Å². The number of primary amides is 1. The molecule has 0 aliphatic rings. The molecule has 0 fully saturated rings. The van der Waals surface area contributed by atoms with Crippen LogP contribution in [0.1, 0.15) is 51.7 Å². The van der Waals surface area contributed by atoms with Crippen LogP contribution in [0.3, 0.4) is 0 Å². The Labute approximate surface area is 113 Å². The molecule has 0 saturated carbocycles. The van der Waals surface area contributed by atoms with E-state index in [1.165, 1.54) is 0 Å². The quantitative estimate of drug-likeness (QED) is 0.861. The number of hydrogen-bond acceptors (Lipinski definition) is 4. The summed E-state index contributed by atoms with van der Waals surface area (Å²) in [6, 6.07) is 0. The summed E-state index contributed by atoms with van der Waals surface area (Å²) in [4.78, 5) is 15.5. The van der Waals surface area contributed by atoms with Crippen molar-refractivity contribution < 1.29 is 4.79 Å². The number of thiazole rings is 1. The molecule has 0 saturated heterocycles. The van der Waals surface area contributed by atoms with Crippen molar-refractivity contribution in [3.63, 3.8) is 0 Å². The Kier molecular flexibility index (Phi) is 4.50. The number of aromatic nitrogens is 1. The topological polar surface area (TPSA) is 68.0 Å². The molecule has 0 spiro atoms. The molecular weight excluding hydrogens is 246 g/mol. The first kappa shape index (κ1) is 15.1. The Morgan fingerprint density at radius 1 is 1.39 bits per heavy atom. The van der Waals surface area contributed by atoms with Crippen LogP contribution < -0.4 is 11.1 Å². The van der Waals surface area contributed by atoms with Crippen LogP contribution in [0.2, 0.25) is 0 Å². The van der Waals surface area contributed by atoms with Gasteiger partial charge in [-0.1, -0.05) is 20.8 Å². The van der Waals surface area contributed by atoms with Gasteiger partial charge in [0.15, 0.2) is 0 Å². The molecule has 3 N–H and O–H groups in total. The molecule has 1 aromatic heterocycles. The minimum Gasteiger partial charge on any atom is -0.370 e. The number of amides is 1. The van der Waals surface area contributed by atoms with Crippen LogP contribution in [0.5, 0.6) is 0 Å². The van der Waals surface area contributed by atoms with Gasteiger partial charge in [0.1, 0.15) is 0 Å². The third-order valence-electron chi connectivity index (χ3n) is 2.56. The maximum absolute atomic E-state index is 10.9. The van der Waals surface area contributed by atoms with Gasteiger partial charge in [0.05, 0.1) is 10.7 Å². The number of carbonyl (C=O) groups is 1.